The molecule has 0 saturated heterocycles. The van der Waals surface area contributed by atoms with Gasteiger partial charge in [-0.05, 0) is 43.7 Å². The lowest BCUT2D eigenvalue weighted by atomic mass is 9.74. The predicted octanol–water partition coefficient (Wildman–Crippen LogP) is 2.62. The standard InChI is InChI=1S/C16H22N2O3S/c1-16(11-17)8-6-13(7-9-16)18-22(19,20)15-10-12-4-2-3-5-14(12)21-15/h2-5,10,13,18H,6-9,11,17H2,1H3. The number of nitrogens with two attached hydrogens (primary N) is 1. The number of para-hydroxylation sites is 1. The lowest BCUT2D eigenvalue weighted by Crippen LogP contribution is -2.41. The van der Waals surface area contributed by atoms with Gasteiger partial charge in [-0.15, -0.1) is 0 Å². The SMILES string of the molecule is CC1(CN)CCC(NS(=O)(=O)c2cc3ccccc3o2)CC1. The van der Waals surface area contributed by atoms with Gasteiger partial charge in [0.05, 0.1) is 0 Å². The third-order valence-corrected chi connectivity index (χ3v) is 6.05. The maximum Gasteiger partial charge on any atom is 0.274 e. The molecule has 1 aliphatic rings. The molecule has 3 N–H and O–H groups in total. The predicted molar refractivity (Wildman–Crippen MR) is 86.0 cm³/mol. The van der Waals surface area contributed by atoms with Crippen LogP contribution in [0, 0.1) is 5.41 Å². The van der Waals surface area contributed by atoms with Crippen LogP contribution < -0.4 is 10.5 Å². The third kappa shape index (κ3) is 3.04. The second-order valence-electron chi connectivity index (χ2n) is 6.51. The Bertz CT molecular complexity index is 726. The molecule has 3 rings (SSSR count). The molecule has 2 aromatic rings. The van der Waals surface area contributed by atoms with Gasteiger partial charge in [0.2, 0.25) is 5.09 Å². The summed E-state index contributed by atoms with van der Waals surface area (Å²) >= 11 is 0. The summed E-state index contributed by atoms with van der Waals surface area (Å²) in [5, 5.41) is 0.781. The molecule has 120 valence electrons. The third-order valence-electron chi connectivity index (χ3n) is 4.68. The van der Waals surface area contributed by atoms with Crippen LogP contribution in [0.5, 0.6) is 0 Å². The molecule has 1 heterocycles. The molecule has 0 atom stereocenters. The van der Waals surface area contributed by atoms with Crippen molar-refractivity contribution in [3.8, 4) is 0 Å². The van der Waals surface area contributed by atoms with Crippen LogP contribution in [0.3, 0.4) is 0 Å². The van der Waals surface area contributed by atoms with Gasteiger partial charge < -0.3 is 10.2 Å². The largest absolute Gasteiger partial charge is 0.443 e. The Morgan fingerprint density at radius 2 is 2.00 bits per heavy atom. The Morgan fingerprint density at radius 3 is 2.64 bits per heavy atom. The first-order valence-corrected chi connectivity index (χ1v) is 9.11. The highest BCUT2D eigenvalue weighted by atomic mass is 32.2. The van der Waals surface area contributed by atoms with Crippen molar-refractivity contribution >= 4 is 21.0 Å². The minimum absolute atomic E-state index is 0.0131. The van der Waals surface area contributed by atoms with E-state index in [2.05, 4.69) is 11.6 Å². The molecular formula is C16H22N2O3S. The van der Waals surface area contributed by atoms with Crippen LogP contribution in [0.25, 0.3) is 11.0 Å². The smallest absolute Gasteiger partial charge is 0.274 e. The number of fused-ring (bicyclic) bond motifs is 1. The van der Waals surface area contributed by atoms with Gasteiger partial charge in [0.25, 0.3) is 10.0 Å². The van der Waals surface area contributed by atoms with Crippen molar-refractivity contribution in [2.75, 3.05) is 6.54 Å². The van der Waals surface area contributed by atoms with E-state index in [1.54, 1.807) is 12.1 Å². The fraction of sp³-hybridized carbons (Fsp3) is 0.500. The molecule has 1 aromatic heterocycles. The normalized spacial score (nSPS) is 26.4. The fourth-order valence-corrected chi connectivity index (χ4v) is 4.28. The molecule has 1 fully saturated rings. The van der Waals surface area contributed by atoms with Crippen molar-refractivity contribution in [1.29, 1.82) is 0 Å². The van der Waals surface area contributed by atoms with E-state index in [1.165, 1.54) is 0 Å². The molecule has 5 nitrogen and oxygen atoms in total. The molecule has 0 spiro atoms. The first-order chi connectivity index (χ1) is 10.4. The van der Waals surface area contributed by atoms with E-state index in [1.807, 2.05) is 18.2 Å². The van der Waals surface area contributed by atoms with E-state index < -0.39 is 10.0 Å². The molecule has 1 aromatic carbocycles. The second kappa shape index (κ2) is 5.68. The first kappa shape index (κ1) is 15.5. The molecule has 0 radical (unpaired) electrons. The second-order valence-corrected chi connectivity index (χ2v) is 8.16. The van der Waals surface area contributed by atoms with Gasteiger partial charge in [-0.1, -0.05) is 25.1 Å². The number of nitrogens with one attached hydrogen (secondary N) is 1. The molecule has 0 aliphatic heterocycles. The summed E-state index contributed by atoms with van der Waals surface area (Å²) in [6.45, 7) is 2.81. The zero-order chi connectivity index (χ0) is 15.8. The molecule has 0 bridgehead atoms. The molecule has 6 heteroatoms. The van der Waals surface area contributed by atoms with Crippen molar-refractivity contribution in [2.24, 2.45) is 11.1 Å². The maximum atomic E-state index is 12.5. The van der Waals surface area contributed by atoms with Gasteiger partial charge in [-0.3, -0.25) is 0 Å². The van der Waals surface area contributed by atoms with Crippen LogP contribution in [0.15, 0.2) is 39.8 Å². The van der Waals surface area contributed by atoms with Gasteiger partial charge in [0, 0.05) is 17.5 Å². The van der Waals surface area contributed by atoms with Gasteiger partial charge in [-0.25, -0.2) is 13.1 Å². The minimum atomic E-state index is -3.61. The summed E-state index contributed by atoms with van der Waals surface area (Å²) in [5.74, 6) is 0. The summed E-state index contributed by atoms with van der Waals surface area (Å²) in [5.41, 5.74) is 6.52. The van der Waals surface area contributed by atoms with Crippen molar-refractivity contribution in [3.63, 3.8) is 0 Å². The van der Waals surface area contributed by atoms with Crippen LogP contribution in [0.1, 0.15) is 32.6 Å². The molecule has 0 amide bonds. The number of hydrogen-bond donors (Lipinski definition) is 2. The number of sulfonamides is 1. The highest BCUT2D eigenvalue weighted by molar-refractivity contribution is 7.89. The fourth-order valence-electron chi connectivity index (χ4n) is 3.00. The van der Waals surface area contributed by atoms with Gasteiger partial charge >= 0.3 is 0 Å². The van der Waals surface area contributed by atoms with Crippen LogP contribution in [0.4, 0.5) is 0 Å². The van der Waals surface area contributed by atoms with Crippen molar-refractivity contribution < 1.29 is 12.8 Å². The van der Waals surface area contributed by atoms with Crippen LogP contribution in [-0.4, -0.2) is 21.0 Å². The minimum Gasteiger partial charge on any atom is -0.443 e. The average molecular weight is 322 g/mol. The quantitative estimate of drug-likeness (QED) is 0.906. The van der Waals surface area contributed by atoms with Crippen molar-refractivity contribution in [1.82, 2.24) is 4.72 Å². The van der Waals surface area contributed by atoms with Crippen LogP contribution in [-0.2, 0) is 10.0 Å². The number of benzene rings is 1. The Kier molecular flexibility index (Phi) is 4.01. The molecule has 1 saturated carbocycles. The maximum absolute atomic E-state index is 12.5. The summed E-state index contributed by atoms with van der Waals surface area (Å²) in [6, 6.07) is 8.82. The topological polar surface area (TPSA) is 85.3 Å². The zero-order valence-electron chi connectivity index (χ0n) is 12.7. The molecule has 1 aliphatic carbocycles. The monoisotopic (exact) mass is 322 g/mol. The van der Waals surface area contributed by atoms with Crippen LogP contribution >= 0.6 is 0 Å². The lowest BCUT2D eigenvalue weighted by molar-refractivity contribution is 0.202. The Balaban J connectivity index is 1.74. The number of hydrogen-bond acceptors (Lipinski definition) is 4. The highest BCUT2D eigenvalue weighted by Crippen LogP contribution is 2.35. The molecule has 0 unspecified atom stereocenters. The molecule has 22 heavy (non-hydrogen) atoms. The summed E-state index contributed by atoms with van der Waals surface area (Å²) in [4.78, 5) is 0. The van der Waals surface area contributed by atoms with E-state index >= 15 is 0 Å². The van der Waals surface area contributed by atoms with Crippen molar-refractivity contribution in [3.05, 3.63) is 30.3 Å². The van der Waals surface area contributed by atoms with E-state index in [0.717, 1.165) is 31.1 Å². The van der Waals surface area contributed by atoms with Gasteiger partial charge in [0.15, 0.2) is 0 Å². The van der Waals surface area contributed by atoms with E-state index in [0.29, 0.717) is 12.1 Å². The first-order valence-electron chi connectivity index (χ1n) is 7.63. The van der Waals surface area contributed by atoms with E-state index in [-0.39, 0.29) is 16.5 Å². The lowest BCUT2D eigenvalue weighted by Gasteiger charge is -2.36. The summed E-state index contributed by atoms with van der Waals surface area (Å²) in [6.07, 6.45) is 3.51. The van der Waals surface area contributed by atoms with Crippen LogP contribution in [0.2, 0.25) is 0 Å². The van der Waals surface area contributed by atoms with Gasteiger partial charge in [0.1, 0.15) is 5.58 Å². The molecular weight excluding hydrogens is 300 g/mol. The Labute approximate surface area is 130 Å². The number of furan rings is 1. The summed E-state index contributed by atoms with van der Waals surface area (Å²) in [7, 11) is -3.61. The highest BCUT2D eigenvalue weighted by Gasteiger charge is 2.32. The Hall–Kier alpha value is -1.37. The van der Waals surface area contributed by atoms with Crippen molar-refractivity contribution in [2.45, 2.75) is 43.7 Å². The number of rotatable bonds is 4. The Morgan fingerprint density at radius 1 is 1.32 bits per heavy atom. The van der Waals surface area contributed by atoms with E-state index in [9.17, 15) is 8.42 Å². The average Bonchev–Trinajstić information content (AvgIpc) is 2.95. The summed E-state index contributed by atoms with van der Waals surface area (Å²) < 4.78 is 33.2. The van der Waals surface area contributed by atoms with E-state index in [4.69, 9.17) is 10.2 Å². The zero-order valence-corrected chi connectivity index (χ0v) is 13.5. The van der Waals surface area contributed by atoms with Gasteiger partial charge in [-0.2, -0.15) is 0 Å².